The first kappa shape index (κ1) is 16.6. The van der Waals surface area contributed by atoms with E-state index in [1.54, 1.807) is 24.3 Å². The average molecular weight is 348 g/mol. The van der Waals surface area contributed by atoms with Gasteiger partial charge in [0.25, 0.3) is 0 Å². The molecule has 0 radical (unpaired) electrons. The van der Waals surface area contributed by atoms with Gasteiger partial charge in [-0.05, 0) is 80.2 Å². The summed E-state index contributed by atoms with van der Waals surface area (Å²) in [6.45, 7) is 2.17. The summed E-state index contributed by atoms with van der Waals surface area (Å²) >= 11 is 0. The predicted molar refractivity (Wildman–Crippen MR) is 96.1 cm³/mol. The Kier molecular flexibility index (Phi) is 4.24. The summed E-state index contributed by atoms with van der Waals surface area (Å²) in [6, 6.07) is 8.96. The van der Waals surface area contributed by atoms with Crippen LogP contribution in [-0.2, 0) is 10.0 Å². The fraction of sp³-hybridized carbons (Fsp3) is 0.700. The van der Waals surface area contributed by atoms with Gasteiger partial charge in [-0.25, -0.2) is 13.1 Å². The van der Waals surface area contributed by atoms with Crippen molar-refractivity contribution >= 4 is 10.0 Å². The van der Waals surface area contributed by atoms with Gasteiger partial charge < -0.3 is 0 Å². The number of sulfonamides is 1. The van der Waals surface area contributed by atoms with Crippen LogP contribution < -0.4 is 4.72 Å². The van der Waals surface area contributed by atoms with Crippen LogP contribution in [0.4, 0.5) is 0 Å². The summed E-state index contributed by atoms with van der Waals surface area (Å²) < 4.78 is 28.9. The van der Waals surface area contributed by atoms with Crippen LogP contribution in [0, 0.1) is 23.2 Å². The molecular weight excluding hydrogens is 318 g/mol. The molecule has 4 aliphatic carbocycles. The number of benzene rings is 1. The Balaban J connectivity index is 1.61. The largest absolute Gasteiger partial charge is 0.240 e. The van der Waals surface area contributed by atoms with Crippen molar-refractivity contribution in [1.82, 2.24) is 4.72 Å². The second kappa shape index (κ2) is 6.14. The second-order valence-corrected chi connectivity index (χ2v) is 10.3. The first-order valence-electron chi connectivity index (χ1n) is 9.58. The minimum atomic E-state index is -3.43. The molecule has 0 amide bonds. The number of hydrogen-bond acceptors (Lipinski definition) is 2. The number of rotatable bonds is 6. The van der Waals surface area contributed by atoms with E-state index in [4.69, 9.17) is 0 Å². The van der Waals surface area contributed by atoms with Crippen molar-refractivity contribution in [1.29, 1.82) is 0 Å². The zero-order valence-electron chi connectivity index (χ0n) is 14.6. The lowest BCUT2D eigenvalue weighted by Gasteiger charge is -2.59. The van der Waals surface area contributed by atoms with E-state index in [0.29, 0.717) is 4.90 Å². The van der Waals surface area contributed by atoms with Gasteiger partial charge in [0, 0.05) is 6.04 Å². The molecule has 132 valence electrons. The monoisotopic (exact) mass is 347 g/mol. The first-order chi connectivity index (χ1) is 11.5. The van der Waals surface area contributed by atoms with Gasteiger partial charge in [-0.1, -0.05) is 31.5 Å². The van der Waals surface area contributed by atoms with Crippen molar-refractivity contribution in [2.24, 2.45) is 23.2 Å². The van der Waals surface area contributed by atoms with Gasteiger partial charge in [-0.15, -0.1) is 0 Å². The van der Waals surface area contributed by atoms with Crippen molar-refractivity contribution in [2.75, 3.05) is 0 Å². The second-order valence-electron chi connectivity index (χ2n) is 8.56. The molecule has 3 nitrogen and oxygen atoms in total. The molecule has 24 heavy (non-hydrogen) atoms. The van der Waals surface area contributed by atoms with Crippen LogP contribution in [-0.4, -0.2) is 14.5 Å². The Morgan fingerprint density at radius 1 is 1.04 bits per heavy atom. The summed E-state index contributed by atoms with van der Waals surface area (Å²) in [5.74, 6) is 2.53. The molecular formula is C20H29NO2S. The maximum Gasteiger partial charge on any atom is 0.240 e. The van der Waals surface area contributed by atoms with Crippen LogP contribution in [0.25, 0.3) is 0 Å². The van der Waals surface area contributed by atoms with E-state index in [-0.39, 0.29) is 11.5 Å². The molecule has 4 saturated carbocycles. The third-order valence-corrected chi connectivity index (χ3v) is 8.24. The van der Waals surface area contributed by atoms with Crippen LogP contribution in [0.3, 0.4) is 0 Å². The predicted octanol–water partition coefficient (Wildman–Crippen LogP) is 4.35. The van der Waals surface area contributed by atoms with E-state index in [1.165, 1.54) is 38.5 Å². The topological polar surface area (TPSA) is 46.2 Å². The lowest BCUT2D eigenvalue weighted by molar-refractivity contribution is -0.0712. The highest BCUT2D eigenvalue weighted by atomic mass is 32.2. The standard InChI is InChI=1S/C20H29NO2S/c1-2-6-19(21-24(22,23)18-7-4-3-5-8-18)20-12-15-9-16(13-20)11-17(10-15)14-20/h3-5,7-8,15-17,19,21H,2,6,9-14H2,1H3/t15?,16?,17?,19-,20?/m1/s1. The van der Waals surface area contributed by atoms with E-state index in [0.717, 1.165) is 30.6 Å². The summed E-state index contributed by atoms with van der Waals surface area (Å²) in [6.07, 6.45) is 9.88. The molecule has 4 fully saturated rings. The molecule has 0 aliphatic heterocycles. The first-order valence-corrected chi connectivity index (χ1v) is 11.1. The molecule has 1 atom stereocenters. The third-order valence-electron chi connectivity index (χ3n) is 6.75. The van der Waals surface area contributed by atoms with Crippen LogP contribution in [0.2, 0.25) is 0 Å². The van der Waals surface area contributed by atoms with E-state index < -0.39 is 10.0 Å². The van der Waals surface area contributed by atoms with Crippen molar-refractivity contribution in [3.63, 3.8) is 0 Å². The molecule has 0 heterocycles. The van der Waals surface area contributed by atoms with E-state index in [9.17, 15) is 8.42 Å². The zero-order valence-corrected chi connectivity index (χ0v) is 15.4. The Hall–Kier alpha value is -0.870. The van der Waals surface area contributed by atoms with Crippen LogP contribution in [0.15, 0.2) is 35.2 Å². The van der Waals surface area contributed by atoms with Crippen molar-refractivity contribution in [3.05, 3.63) is 30.3 Å². The Morgan fingerprint density at radius 3 is 2.08 bits per heavy atom. The highest BCUT2D eigenvalue weighted by molar-refractivity contribution is 7.89. The van der Waals surface area contributed by atoms with Gasteiger partial charge in [0.2, 0.25) is 10.0 Å². The van der Waals surface area contributed by atoms with Gasteiger partial charge >= 0.3 is 0 Å². The molecule has 0 saturated heterocycles. The van der Waals surface area contributed by atoms with E-state index in [1.807, 2.05) is 6.07 Å². The molecule has 1 aromatic rings. The molecule has 0 spiro atoms. The highest BCUT2D eigenvalue weighted by Crippen LogP contribution is 2.61. The molecule has 1 aromatic carbocycles. The highest BCUT2D eigenvalue weighted by Gasteiger charge is 2.54. The molecule has 4 aliphatic rings. The SMILES string of the molecule is CCC[C@@H](NS(=O)(=O)c1ccccc1)C12CC3CC(CC(C3)C1)C2. The molecule has 5 rings (SSSR count). The summed E-state index contributed by atoms with van der Waals surface area (Å²) in [5.41, 5.74) is 0.215. The third kappa shape index (κ3) is 2.92. The van der Waals surface area contributed by atoms with E-state index in [2.05, 4.69) is 11.6 Å². The maximum atomic E-state index is 12.9. The van der Waals surface area contributed by atoms with Gasteiger partial charge in [0.15, 0.2) is 0 Å². The van der Waals surface area contributed by atoms with Crippen LogP contribution in [0.5, 0.6) is 0 Å². The van der Waals surface area contributed by atoms with Crippen LogP contribution >= 0.6 is 0 Å². The van der Waals surface area contributed by atoms with Gasteiger partial charge in [0.05, 0.1) is 4.90 Å². The fourth-order valence-electron chi connectivity index (χ4n) is 6.24. The summed E-state index contributed by atoms with van der Waals surface area (Å²) in [4.78, 5) is 0.399. The minimum absolute atomic E-state index is 0.0982. The Bertz CT molecular complexity index is 648. The van der Waals surface area contributed by atoms with Crippen molar-refractivity contribution in [2.45, 2.75) is 69.2 Å². The Morgan fingerprint density at radius 2 is 1.58 bits per heavy atom. The quantitative estimate of drug-likeness (QED) is 0.831. The lowest BCUT2D eigenvalue weighted by Crippen LogP contribution is -2.56. The van der Waals surface area contributed by atoms with Crippen LogP contribution in [0.1, 0.15) is 58.3 Å². The fourth-order valence-corrected chi connectivity index (χ4v) is 7.63. The number of nitrogens with one attached hydrogen (secondary N) is 1. The molecule has 4 bridgehead atoms. The lowest BCUT2D eigenvalue weighted by atomic mass is 9.47. The van der Waals surface area contributed by atoms with Gasteiger partial charge in [-0.2, -0.15) is 0 Å². The normalized spacial score (nSPS) is 36.0. The molecule has 0 aromatic heterocycles. The molecule has 4 heteroatoms. The van der Waals surface area contributed by atoms with E-state index >= 15 is 0 Å². The summed E-state index contributed by atoms with van der Waals surface area (Å²) in [7, 11) is -3.43. The molecule has 1 N–H and O–H groups in total. The van der Waals surface area contributed by atoms with Gasteiger partial charge in [-0.3, -0.25) is 0 Å². The number of hydrogen-bond donors (Lipinski definition) is 1. The van der Waals surface area contributed by atoms with Crippen molar-refractivity contribution in [3.8, 4) is 0 Å². The smallest absolute Gasteiger partial charge is 0.208 e. The minimum Gasteiger partial charge on any atom is -0.208 e. The zero-order chi connectivity index (χ0) is 16.8. The average Bonchev–Trinajstić information content (AvgIpc) is 2.54. The Labute approximate surface area is 146 Å². The van der Waals surface area contributed by atoms with Crippen molar-refractivity contribution < 1.29 is 8.42 Å². The summed E-state index contributed by atoms with van der Waals surface area (Å²) in [5, 5.41) is 0. The maximum absolute atomic E-state index is 12.9. The van der Waals surface area contributed by atoms with Gasteiger partial charge in [0.1, 0.15) is 0 Å². The molecule has 0 unspecified atom stereocenters.